The van der Waals surface area contributed by atoms with Gasteiger partial charge in [-0.3, -0.25) is 14.4 Å². The third-order valence-corrected chi connectivity index (χ3v) is 9.32. The Bertz CT molecular complexity index is 883. The molecule has 4 rings (SSSR count). The number of halogens is 3. The van der Waals surface area contributed by atoms with Crippen LogP contribution in [0.25, 0.3) is 0 Å². The molecule has 8 heteroatoms. The maximum Gasteiger partial charge on any atom is 0.452 e. The topological polar surface area (TPSA) is 75.3 Å². The van der Waals surface area contributed by atoms with Crippen LogP contribution in [0, 0.1) is 34.5 Å². The summed E-state index contributed by atoms with van der Waals surface area (Å²) in [5, 5.41) is 5.19. The first-order valence-electron chi connectivity index (χ1n) is 12.2. The van der Waals surface area contributed by atoms with E-state index >= 15 is 0 Å². The molecule has 0 saturated heterocycles. The van der Waals surface area contributed by atoms with Crippen molar-refractivity contribution in [1.29, 1.82) is 0 Å². The molecular weight excluding hydrogens is 433 g/mol. The van der Waals surface area contributed by atoms with Crippen molar-refractivity contribution < 1.29 is 27.6 Å². The van der Waals surface area contributed by atoms with Crippen LogP contribution >= 0.6 is 0 Å². The van der Waals surface area contributed by atoms with Gasteiger partial charge in [0.25, 0.3) is 17.6 Å². The van der Waals surface area contributed by atoms with Gasteiger partial charge in [0.2, 0.25) is 0 Å². The van der Waals surface area contributed by atoms with E-state index in [0.717, 1.165) is 25.7 Å². The van der Waals surface area contributed by atoms with Gasteiger partial charge in [-0.25, -0.2) is 0 Å². The predicted molar refractivity (Wildman–Crippen MR) is 117 cm³/mol. The number of amides is 2. The van der Waals surface area contributed by atoms with E-state index in [1.54, 1.807) is 6.08 Å². The fourth-order valence-corrected chi connectivity index (χ4v) is 7.53. The van der Waals surface area contributed by atoms with Crippen molar-refractivity contribution in [3.05, 3.63) is 11.6 Å². The number of ketones is 1. The summed E-state index contributed by atoms with van der Waals surface area (Å²) in [6.07, 6.45) is 4.41. The highest BCUT2D eigenvalue weighted by Gasteiger charge is 2.58. The molecule has 3 saturated carbocycles. The number of hydrogen-bond acceptors (Lipinski definition) is 3. The quantitative estimate of drug-likeness (QED) is 0.604. The molecule has 3 aliphatic carbocycles. The lowest BCUT2D eigenvalue weighted by atomic mass is 9.48. The molecule has 2 unspecified atom stereocenters. The van der Waals surface area contributed by atoms with Gasteiger partial charge in [-0.1, -0.05) is 40.2 Å². The predicted octanol–water partition coefficient (Wildman–Crippen LogP) is 4.32. The normalized spacial score (nSPS) is 39.0. The van der Waals surface area contributed by atoms with Gasteiger partial charge < -0.3 is 10.6 Å². The number of Topliss-reactive ketones (excluding diaryl/α,β-unsaturated/α-hetero) is 1. The van der Waals surface area contributed by atoms with Crippen LogP contribution in [0.1, 0.15) is 72.6 Å². The van der Waals surface area contributed by atoms with Crippen LogP contribution in [-0.2, 0) is 14.4 Å². The molecule has 2 amide bonds. The van der Waals surface area contributed by atoms with E-state index < -0.39 is 41.1 Å². The molecule has 5 nitrogen and oxygen atoms in total. The van der Waals surface area contributed by atoms with E-state index in [4.69, 9.17) is 0 Å². The standard InChI is InChI=1S/C25H35F3N2O3/c1-13(2)19(20(31)25(26,27)28)30-22(33)15-12-24(4)17-9-11-23(3)10-5-6-16(23)14(17)7-8-18(24)29-21(15)32/h12-14,16-19H,5-11H2,1-4H3,(H,29,32)(H,30,33)/t14-,16-,17+,18?,19?,23-,24+/m0/s1. The van der Waals surface area contributed by atoms with E-state index in [-0.39, 0.29) is 11.6 Å². The molecule has 0 aromatic heterocycles. The largest absolute Gasteiger partial charge is 0.452 e. The molecule has 0 bridgehead atoms. The van der Waals surface area contributed by atoms with Crippen LogP contribution in [0.3, 0.4) is 0 Å². The van der Waals surface area contributed by atoms with Gasteiger partial charge in [0, 0.05) is 11.5 Å². The average molecular weight is 469 g/mol. The zero-order chi connectivity index (χ0) is 24.3. The molecule has 4 aliphatic rings. The summed E-state index contributed by atoms with van der Waals surface area (Å²) in [4.78, 5) is 37.7. The van der Waals surface area contributed by atoms with Gasteiger partial charge in [0.15, 0.2) is 0 Å². The van der Waals surface area contributed by atoms with Crippen LogP contribution in [0.5, 0.6) is 0 Å². The maximum atomic E-state index is 13.0. The van der Waals surface area contributed by atoms with Crippen molar-refractivity contribution in [2.24, 2.45) is 34.5 Å². The van der Waals surface area contributed by atoms with Crippen LogP contribution in [0.2, 0.25) is 0 Å². The summed E-state index contributed by atoms with van der Waals surface area (Å²) in [5.74, 6) is -2.77. The third kappa shape index (κ3) is 4.01. The van der Waals surface area contributed by atoms with E-state index in [2.05, 4.69) is 24.5 Å². The van der Waals surface area contributed by atoms with Gasteiger partial charge >= 0.3 is 6.18 Å². The lowest BCUT2D eigenvalue weighted by Crippen LogP contribution is -2.61. The second-order valence-electron chi connectivity index (χ2n) is 11.5. The molecular formula is C25H35F3N2O3. The van der Waals surface area contributed by atoms with Gasteiger partial charge in [0.1, 0.15) is 5.57 Å². The summed E-state index contributed by atoms with van der Waals surface area (Å²) in [6.45, 7) is 7.36. The summed E-state index contributed by atoms with van der Waals surface area (Å²) in [5.41, 5.74) is -0.238. The van der Waals surface area contributed by atoms with Gasteiger partial charge in [0.05, 0.1) is 6.04 Å². The Morgan fingerprint density at radius 3 is 2.42 bits per heavy atom. The maximum absolute atomic E-state index is 13.0. The number of carbonyl (C=O) groups is 3. The summed E-state index contributed by atoms with van der Waals surface area (Å²) in [7, 11) is 0. The molecule has 3 fully saturated rings. The summed E-state index contributed by atoms with van der Waals surface area (Å²) < 4.78 is 39.1. The van der Waals surface area contributed by atoms with Gasteiger partial charge in [-0.15, -0.1) is 0 Å². The second-order valence-corrected chi connectivity index (χ2v) is 11.5. The van der Waals surface area contributed by atoms with E-state index in [0.29, 0.717) is 23.2 Å². The Morgan fingerprint density at radius 2 is 1.79 bits per heavy atom. The molecule has 0 spiro atoms. The first-order chi connectivity index (χ1) is 15.3. The number of fused-ring (bicyclic) bond motifs is 5. The zero-order valence-corrected chi connectivity index (χ0v) is 19.8. The number of nitrogens with one attached hydrogen (secondary N) is 2. The lowest BCUT2D eigenvalue weighted by molar-refractivity contribution is -0.174. The van der Waals surface area contributed by atoms with Crippen LogP contribution in [-0.4, -0.2) is 35.9 Å². The van der Waals surface area contributed by atoms with Crippen molar-refractivity contribution in [3.63, 3.8) is 0 Å². The fourth-order valence-electron chi connectivity index (χ4n) is 7.53. The number of rotatable bonds is 4. The minimum Gasteiger partial charge on any atom is -0.348 e. The number of carbonyl (C=O) groups excluding carboxylic acids is 3. The smallest absolute Gasteiger partial charge is 0.348 e. The van der Waals surface area contributed by atoms with E-state index in [1.165, 1.54) is 33.1 Å². The van der Waals surface area contributed by atoms with Crippen LogP contribution in [0.4, 0.5) is 13.2 Å². The Morgan fingerprint density at radius 1 is 1.09 bits per heavy atom. The van der Waals surface area contributed by atoms with E-state index in [1.807, 2.05) is 0 Å². The minimum absolute atomic E-state index is 0.0914. The Labute approximate surface area is 193 Å². The Balaban J connectivity index is 1.62. The number of alkyl halides is 3. The number of hydrogen-bond donors (Lipinski definition) is 2. The highest BCUT2D eigenvalue weighted by Crippen LogP contribution is 2.63. The molecule has 0 aromatic rings. The second kappa shape index (κ2) is 8.12. The summed E-state index contributed by atoms with van der Waals surface area (Å²) in [6, 6.07) is -1.82. The highest BCUT2D eigenvalue weighted by molar-refractivity contribution is 6.19. The molecule has 7 atom stereocenters. The molecule has 184 valence electrons. The molecule has 1 heterocycles. The van der Waals surface area contributed by atoms with Gasteiger partial charge in [-0.05, 0) is 67.6 Å². The third-order valence-electron chi connectivity index (χ3n) is 9.32. The van der Waals surface area contributed by atoms with Crippen LogP contribution in [0.15, 0.2) is 11.6 Å². The molecule has 0 radical (unpaired) electrons. The monoisotopic (exact) mass is 468 g/mol. The first kappa shape index (κ1) is 24.3. The molecule has 1 aliphatic heterocycles. The molecule has 33 heavy (non-hydrogen) atoms. The fraction of sp³-hybridized carbons (Fsp3) is 0.800. The van der Waals surface area contributed by atoms with E-state index in [9.17, 15) is 27.6 Å². The summed E-state index contributed by atoms with van der Waals surface area (Å²) >= 11 is 0. The van der Waals surface area contributed by atoms with Gasteiger partial charge in [-0.2, -0.15) is 13.2 Å². The minimum atomic E-state index is -5.06. The first-order valence-corrected chi connectivity index (χ1v) is 12.2. The SMILES string of the molecule is CC(C)C(NC(=O)C1=C[C@@]2(C)C(CC[C@@H]3[C@H]2CC[C@]2(C)CCC[C@@H]32)NC1=O)C(=O)C(F)(F)F. The Kier molecular flexibility index (Phi) is 5.97. The highest BCUT2D eigenvalue weighted by atomic mass is 19.4. The van der Waals surface area contributed by atoms with Crippen molar-refractivity contribution in [1.82, 2.24) is 10.6 Å². The zero-order valence-electron chi connectivity index (χ0n) is 19.8. The van der Waals surface area contributed by atoms with Crippen LogP contribution < -0.4 is 10.6 Å². The molecule has 0 aromatic carbocycles. The van der Waals surface area contributed by atoms with Crippen molar-refractivity contribution in [2.75, 3.05) is 0 Å². The average Bonchev–Trinajstić information content (AvgIpc) is 3.12. The van der Waals surface area contributed by atoms with Crippen molar-refractivity contribution in [2.45, 2.75) is 90.9 Å². The molecule has 2 N–H and O–H groups in total. The Hall–Kier alpha value is -1.86. The van der Waals surface area contributed by atoms with Crippen molar-refractivity contribution in [3.8, 4) is 0 Å². The lowest BCUT2D eigenvalue weighted by Gasteiger charge is -2.58. The van der Waals surface area contributed by atoms with Crippen molar-refractivity contribution >= 4 is 17.6 Å².